The predicted octanol–water partition coefficient (Wildman–Crippen LogP) is 6.14. The molecule has 194 valence electrons. The van der Waals surface area contributed by atoms with Crippen molar-refractivity contribution in [1.82, 2.24) is 4.90 Å². The molecule has 4 atom stereocenters. The van der Waals surface area contributed by atoms with Gasteiger partial charge in [-0.05, 0) is 67.9 Å². The molecule has 0 N–H and O–H groups in total. The Bertz CT molecular complexity index is 1190. The molecular weight excluding hydrogens is 473 g/mol. The summed E-state index contributed by atoms with van der Waals surface area (Å²) in [5.41, 5.74) is 1.03. The summed E-state index contributed by atoms with van der Waals surface area (Å²) in [5.74, 6) is 0.578. The Morgan fingerprint density at radius 1 is 0.892 bits per heavy atom. The topological polar surface area (TPSA) is 29.5 Å². The van der Waals surface area contributed by atoms with E-state index in [-0.39, 0.29) is 28.9 Å². The number of carbonyl (C=O) groups excluding carboxylic acids is 1. The first-order chi connectivity index (χ1) is 17.8. The molecule has 0 radical (unpaired) electrons. The lowest BCUT2D eigenvalue weighted by molar-refractivity contribution is -0.0707. The van der Waals surface area contributed by atoms with Gasteiger partial charge in [-0.3, -0.25) is 4.79 Å². The van der Waals surface area contributed by atoms with Crippen LogP contribution in [0, 0.1) is 16.7 Å². The van der Waals surface area contributed by atoms with Crippen LogP contribution >= 0.6 is 7.92 Å². The Kier molecular flexibility index (Phi) is 7.31. The summed E-state index contributed by atoms with van der Waals surface area (Å²) in [7, 11) is -0.873. The summed E-state index contributed by atoms with van der Waals surface area (Å²) in [6.45, 7) is 12.7. The van der Waals surface area contributed by atoms with Gasteiger partial charge in [-0.1, -0.05) is 99.6 Å². The van der Waals surface area contributed by atoms with E-state index in [9.17, 15) is 4.79 Å². The zero-order valence-electron chi connectivity index (χ0n) is 22.9. The van der Waals surface area contributed by atoms with Gasteiger partial charge in [0.05, 0.1) is 12.1 Å². The molecular formula is C33H40NO2P. The minimum Gasteiger partial charge on any atom is -0.376 e. The molecule has 4 heteroatoms. The molecule has 2 fully saturated rings. The number of hydrogen-bond donors (Lipinski definition) is 0. The maximum Gasteiger partial charge on any atom is 0.254 e. The number of fused-ring (bicyclic) bond motifs is 2. The molecule has 0 spiro atoms. The smallest absolute Gasteiger partial charge is 0.254 e. The summed E-state index contributed by atoms with van der Waals surface area (Å²) < 4.78 is 6.48. The average Bonchev–Trinajstić information content (AvgIpc) is 3.24. The van der Waals surface area contributed by atoms with E-state index in [0.29, 0.717) is 19.1 Å². The third kappa shape index (κ3) is 4.25. The fourth-order valence-electron chi connectivity index (χ4n) is 7.17. The van der Waals surface area contributed by atoms with Gasteiger partial charge in [-0.25, -0.2) is 0 Å². The van der Waals surface area contributed by atoms with E-state index >= 15 is 0 Å². The number of likely N-dealkylation sites (N-methyl/N-ethyl adjacent to an activating group) is 1. The molecule has 0 aliphatic heterocycles. The summed E-state index contributed by atoms with van der Waals surface area (Å²) in [6.07, 6.45) is 2.39. The number of hydrogen-bond acceptors (Lipinski definition) is 2. The molecule has 1 amide bonds. The zero-order valence-corrected chi connectivity index (χ0v) is 23.7. The number of amides is 1. The molecule has 0 saturated heterocycles. The maximum atomic E-state index is 14.6. The Morgan fingerprint density at radius 2 is 1.46 bits per heavy atom. The summed E-state index contributed by atoms with van der Waals surface area (Å²) in [4.78, 5) is 16.7. The van der Waals surface area contributed by atoms with Gasteiger partial charge in [0.2, 0.25) is 0 Å². The highest BCUT2D eigenvalue weighted by molar-refractivity contribution is 7.80. The number of ether oxygens (including phenoxy) is 1. The summed E-state index contributed by atoms with van der Waals surface area (Å²) >= 11 is 0. The number of nitrogens with zero attached hydrogens (tertiary/aromatic N) is 1. The van der Waals surface area contributed by atoms with Crippen LogP contribution in [0.3, 0.4) is 0 Å². The minimum absolute atomic E-state index is 0.0621. The second kappa shape index (κ2) is 10.4. The van der Waals surface area contributed by atoms with Crippen molar-refractivity contribution in [2.75, 3.05) is 13.2 Å². The lowest BCUT2D eigenvalue weighted by Gasteiger charge is -2.43. The molecule has 0 aromatic heterocycles. The van der Waals surface area contributed by atoms with E-state index < -0.39 is 7.92 Å². The van der Waals surface area contributed by atoms with Crippen molar-refractivity contribution in [1.29, 1.82) is 0 Å². The van der Waals surface area contributed by atoms with E-state index in [0.717, 1.165) is 17.3 Å². The van der Waals surface area contributed by atoms with Crippen molar-refractivity contribution < 1.29 is 9.53 Å². The molecule has 2 aliphatic rings. The second-order valence-electron chi connectivity index (χ2n) is 11.3. The van der Waals surface area contributed by atoms with Gasteiger partial charge in [-0.15, -0.1) is 0 Å². The molecule has 0 unspecified atom stereocenters. The van der Waals surface area contributed by atoms with E-state index in [1.165, 1.54) is 17.0 Å². The highest BCUT2D eigenvalue weighted by atomic mass is 31.1. The maximum absolute atomic E-state index is 14.6. The third-order valence-corrected chi connectivity index (χ3v) is 11.9. The van der Waals surface area contributed by atoms with Gasteiger partial charge < -0.3 is 9.64 Å². The lowest BCUT2D eigenvalue weighted by atomic mass is 9.70. The Labute approximate surface area is 224 Å². The zero-order chi connectivity index (χ0) is 26.2. The van der Waals surface area contributed by atoms with Crippen LogP contribution in [0.5, 0.6) is 0 Å². The van der Waals surface area contributed by atoms with Crippen molar-refractivity contribution in [3.05, 3.63) is 90.5 Å². The normalized spacial score (nSPS) is 25.9. The first-order valence-corrected chi connectivity index (χ1v) is 15.1. The largest absolute Gasteiger partial charge is 0.376 e. The van der Waals surface area contributed by atoms with Gasteiger partial charge in [0, 0.05) is 24.1 Å². The van der Waals surface area contributed by atoms with Gasteiger partial charge in [0.25, 0.3) is 5.91 Å². The van der Waals surface area contributed by atoms with Crippen LogP contribution in [0.2, 0.25) is 0 Å². The highest BCUT2D eigenvalue weighted by Crippen LogP contribution is 2.67. The van der Waals surface area contributed by atoms with Crippen LogP contribution in [0.25, 0.3) is 0 Å². The quantitative estimate of drug-likeness (QED) is 0.339. The van der Waals surface area contributed by atoms with Gasteiger partial charge in [-0.2, -0.15) is 0 Å². The predicted molar refractivity (Wildman–Crippen MR) is 156 cm³/mol. The fourth-order valence-corrected chi connectivity index (χ4v) is 9.62. The molecule has 2 aliphatic carbocycles. The Morgan fingerprint density at radius 3 is 2.03 bits per heavy atom. The van der Waals surface area contributed by atoms with Crippen molar-refractivity contribution in [3.8, 4) is 0 Å². The molecule has 0 heterocycles. The Balaban J connectivity index is 1.59. The second-order valence-corrected chi connectivity index (χ2v) is 13.5. The fraction of sp³-hybridized carbons (Fsp3) is 0.424. The SMILES string of the molecule is CCO[C@H]1[C@@H](N(CC)C(=O)c2ccccc2P(c2ccccc2)c2ccccc2)[C@H]2CC[C@]1(C)C2(C)C. The minimum atomic E-state index is -0.873. The van der Waals surface area contributed by atoms with Crippen LogP contribution in [0.1, 0.15) is 57.8 Å². The van der Waals surface area contributed by atoms with Crippen LogP contribution < -0.4 is 15.9 Å². The van der Waals surface area contributed by atoms with Crippen LogP contribution in [-0.4, -0.2) is 36.1 Å². The van der Waals surface area contributed by atoms with E-state index in [1.807, 2.05) is 12.1 Å². The third-order valence-electron chi connectivity index (χ3n) is 9.44. The van der Waals surface area contributed by atoms with Crippen LogP contribution in [-0.2, 0) is 4.74 Å². The molecule has 37 heavy (non-hydrogen) atoms. The molecule has 5 rings (SSSR count). The molecule has 3 aromatic carbocycles. The number of rotatable bonds is 8. The number of carbonyl (C=O) groups is 1. The van der Waals surface area contributed by atoms with Gasteiger partial charge in [0.15, 0.2) is 0 Å². The summed E-state index contributed by atoms with van der Waals surface area (Å²) in [5, 5.41) is 3.64. The van der Waals surface area contributed by atoms with Crippen LogP contribution in [0.4, 0.5) is 0 Å². The van der Waals surface area contributed by atoms with Crippen molar-refractivity contribution in [2.45, 2.75) is 59.6 Å². The molecule has 3 nitrogen and oxygen atoms in total. The van der Waals surface area contributed by atoms with Crippen molar-refractivity contribution in [2.24, 2.45) is 16.7 Å². The van der Waals surface area contributed by atoms with Crippen molar-refractivity contribution >= 4 is 29.7 Å². The molecule has 2 bridgehead atoms. The highest BCUT2D eigenvalue weighted by Gasteiger charge is 2.68. The standard InChI is InChI=1S/C33H40NO2P/c1-6-34(29-27-22-23-33(5,32(27,3)4)30(29)36-7-2)31(35)26-20-14-15-21-28(26)37(24-16-10-8-11-17-24)25-18-12-9-13-19-25/h8-21,27,29-30H,6-7,22-23H2,1-5H3/t27-,29+,30+,33+/m1/s1. The summed E-state index contributed by atoms with van der Waals surface area (Å²) in [6, 6.07) is 29.7. The van der Waals surface area contributed by atoms with Gasteiger partial charge >= 0.3 is 0 Å². The van der Waals surface area contributed by atoms with E-state index in [1.54, 1.807) is 0 Å². The van der Waals surface area contributed by atoms with E-state index in [2.05, 4.69) is 112 Å². The average molecular weight is 514 g/mol. The first kappa shape index (κ1) is 26.1. The first-order valence-electron chi connectivity index (χ1n) is 13.8. The Hall–Kier alpha value is -2.48. The monoisotopic (exact) mass is 513 g/mol. The van der Waals surface area contributed by atoms with E-state index in [4.69, 9.17) is 4.74 Å². The molecule has 3 aromatic rings. The number of benzene rings is 3. The lowest BCUT2D eigenvalue weighted by Crippen LogP contribution is -2.53. The van der Waals surface area contributed by atoms with Crippen molar-refractivity contribution in [3.63, 3.8) is 0 Å². The molecule has 2 saturated carbocycles. The van der Waals surface area contributed by atoms with Gasteiger partial charge in [0.1, 0.15) is 0 Å². The van der Waals surface area contributed by atoms with Crippen LogP contribution in [0.15, 0.2) is 84.9 Å².